The number of amides is 3. The molecule has 1 fully saturated rings. The summed E-state index contributed by atoms with van der Waals surface area (Å²) in [5, 5.41) is 12.6. The molecule has 0 spiro atoms. The molecule has 3 heterocycles. The second-order valence-electron chi connectivity index (χ2n) is 8.80. The van der Waals surface area contributed by atoms with E-state index in [2.05, 4.69) is 10.3 Å². The Balaban J connectivity index is 1.97. The maximum atomic E-state index is 13.0. The summed E-state index contributed by atoms with van der Waals surface area (Å²) >= 11 is 0. The Bertz CT molecular complexity index is 1050. The first-order valence-electron chi connectivity index (χ1n) is 9.84. The first-order valence-corrected chi connectivity index (χ1v) is 11.7. The standard InChI is InChI=1S/C19H26N4O8S/c1-18(2,3)23(17(26)27)19(7-8-31-32(4,28)29)9-15(25)22(11-19)13-6-5-12-16(20-13)21-14(24)10-30-12/h5-6H,7-11H2,1-4H3,(H,26,27)(H,20,21,24). The molecule has 13 heteroatoms. The van der Waals surface area contributed by atoms with Crippen molar-refractivity contribution in [3.05, 3.63) is 12.1 Å². The van der Waals surface area contributed by atoms with E-state index in [1.165, 1.54) is 9.80 Å². The molecule has 1 atom stereocenters. The van der Waals surface area contributed by atoms with Gasteiger partial charge in [-0.3, -0.25) is 23.6 Å². The average Bonchev–Trinajstić information content (AvgIpc) is 2.95. The highest BCUT2D eigenvalue weighted by Crippen LogP contribution is 2.40. The number of carbonyl (C=O) groups is 3. The summed E-state index contributed by atoms with van der Waals surface area (Å²) in [4.78, 5) is 43.7. The zero-order chi connectivity index (χ0) is 23.9. The van der Waals surface area contributed by atoms with E-state index < -0.39 is 33.2 Å². The molecule has 2 aliphatic rings. The van der Waals surface area contributed by atoms with Gasteiger partial charge in [-0.2, -0.15) is 8.42 Å². The van der Waals surface area contributed by atoms with Crippen LogP contribution in [0.4, 0.5) is 16.4 Å². The number of rotatable bonds is 6. The summed E-state index contributed by atoms with van der Waals surface area (Å²) < 4.78 is 33.0. The number of hydrogen-bond donors (Lipinski definition) is 2. The molecular weight excluding hydrogens is 444 g/mol. The van der Waals surface area contributed by atoms with E-state index in [-0.39, 0.29) is 50.1 Å². The molecule has 0 bridgehead atoms. The van der Waals surface area contributed by atoms with Crippen LogP contribution in [0.3, 0.4) is 0 Å². The van der Waals surface area contributed by atoms with Gasteiger partial charge in [-0.05, 0) is 39.3 Å². The van der Waals surface area contributed by atoms with E-state index >= 15 is 0 Å². The van der Waals surface area contributed by atoms with Gasteiger partial charge in [0.25, 0.3) is 16.0 Å². The van der Waals surface area contributed by atoms with Crippen LogP contribution in [0.2, 0.25) is 0 Å². The molecule has 3 amide bonds. The van der Waals surface area contributed by atoms with Gasteiger partial charge in [-0.1, -0.05) is 0 Å². The zero-order valence-corrected chi connectivity index (χ0v) is 19.1. The van der Waals surface area contributed by atoms with Crippen molar-refractivity contribution in [2.24, 2.45) is 0 Å². The lowest BCUT2D eigenvalue weighted by Crippen LogP contribution is -2.61. The lowest BCUT2D eigenvalue weighted by atomic mass is 9.87. The monoisotopic (exact) mass is 470 g/mol. The lowest BCUT2D eigenvalue weighted by Gasteiger charge is -2.46. The minimum Gasteiger partial charge on any atom is -0.480 e. The Labute approximate surface area is 185 Å². The molecule has 0 aromatic carbocycles. The van der Waals surface area contributed by atoms with Crippen LogP contribution < -0.4 is 15.0 Å². The summed E-state index contributed by atoms with van der Waals surface area (Å²) in [5.41, 5.74) is -2.15. The van der Waals surface area contributed by atoms with Gasteiger partial charge in [0.05, 0.1) is 31.4 Å². The van der Waals surface area contributed by atoms with Crippen LogP contribution in [0.25, 0.3) is 0 Å². The third-order valence-electron chi connectivity index (χ3n) is 5.17. The molecular formula is C19H26N4O8S. The molecule has 1 aromatic rings. The maximum absolute atomic E-state index is 13.0. The Morgan fingerprint density at radius 3 is 2.66 bits per heavy atom. The van der Waals surface area contributed by atoms with Crippen LogP contribution in [-0.4, -0.2) is 78.4 Å². The van der Waals surface area contributed by atoms with E-state index in [4.69, 9.17) is 8.92 Å². The molecule has 32 heavy (non-hydrogen) atoms. The normalized spacial score (nSPS) is 21.1. The van der Waals surface area contributed by atoms with Gasteiger partial charge in [0, 0.05) is 5.54 Å². The highest BCUT2D eigenvalue weighted by molar-refractivity contribution is 7.85. The van der Waals surface area contributed by atoms with E-state index in [1.54, 1.807) is 32.9 Å². The molecule has 12 nitrogen and oxygen atoms in total. The molecule has 2 N–H and O–H groups in total. The Morgan fingerprint density at radius 2 is 2.06 bits per heavy atom. The number of aromatic nitrogens is 1. The smallest absolute Gasteiger partial charge is 0.408 e. The molecule has 1 unspecified atom stereocenters. The third-order valence-corrected chi connectivity index (χ3v) is 5.77. The highest BCUT2D eigenvalue weighted by Gasteiger charge is 2.53. The highest BCUT2D eigenvalue weighted by atomic mass is 32.2. The first-order chi connectivity index (χ1) is 14.7. The van der Waals surface area contributed by atoms with Crippen LogP contribution in [0.1, 0.15) is 33.6 Å². The van der Waals surface area contributed by atoms with Crippen LogP contribution in [0.15, 0.2) is 12.1 Å². The van der Waals surface area contributed by atoms with Crippen molar-refractivity contribution in [3.8, 4) is 5.75 Å². The molecule has 1 aromatic heterocycles. The fourth-order valence-electron chi connectivity index (χ4n) is 4.14. The summed E-state index contributed by atoms with van der Waals surface area (Å²) in [6.45, 7) is 4.58. The molecule has 3 rings (SSSR count). The van der Waals surface area contributed by atoms with E-state index in [9.17, 15) is 27.9 Å². The predicted octanol–water partition coefficient (Wildman–Crippen LogP) is 1.03. The molecule has 0 saturated carbocycles. The van der Waals surface area contributed by atoms with Crippen molar-refractivity contribution in [1.29, 1.82) is 0 Å². The molecule has 0 radical (unpaired) electrons. The van der Waals surface area contributed by atoms with E-state index in [1.807, 2.05) is 0 Å². The number of hydrogen-bond acceptors (Lipinski definition) is 8. The number of nitrogens with zero attached hydrogens (tertiary/aromatic N) is 3. The minimum absolute atomic E-state index is 0.0311. The van der Waals surface area contributed by atoms with Gasteiger partial charge in [0.1, 0.15) is 5.82 Å². The van der Waals surface area contributed by atoms with Crippen molar-refractivity contribution in [3.63, 3.8) is 0 Å². The van der Waals surface area contributed by atoms with Gasteiger partial charge < -0.3 is 15.2 Å². The number of fused-ring (bicyclic) bond motifs is 1. The number of carboxylic acid groups (broad SMARTS) is 1. The first kappa shape index (κ1) is 23.7. The van der Waals surface area contributed by atoms with Gasteiger partial charge in [0.2, 0.25) is 5.91 Å². The number of anilines is 2. The molecule has 2 aliphatic heterocycles. The van der Waals surface area contributed by atoms with E-state index in [0.717, 1.165) is 6.26 Å². The summed E-state index contributed by atoms with van der Waals surface area (Å²) in [6, 6.07) is 3.11. The van der Waals surface area contributed by atoms with Crippen LogP contribution >= 0.6 is 0 Å². The molecule has 0 aliphatic carbocycles. The minimum atomic E-state index is -3.75. The Morgan fingerprint density at radius 1 is 1.38 bits per heavy atom. The fourth-order valence-corrected chi connectivity index (χ4v) is 4.53. The van der Waals surface area contributed by atoms with Crippen molar-refractivity contribution in [2.45, 2.75) is 44.7 Å². The Hall–Kier alpha value is -2.93. The number of carbonyl (C=O) groups excluding carboxylic acids is 2. The van der Waals surface area contributed by atoms with Crippen LogP contribution in [0.5, 0.6) is 5.75 Å². The van der Waals surface area contributed by atoms with Crippen LogP contribution in [0, 0.1) is 0 Å². The maximum Gasteiger partial charge on any atom is 0.408 e. The van der Waals surface area contributed by atoms with Gasteiger partial charge >= 0.3 is 6.09 Å². The van der Waals surface area contributed by atoms with Crippen molar-refractivity contribution >= 4 is 39.7 Å². The van der Waals surface area contributed by atoms with Gasteiger partial charge in [0.15, 0.2) is 18.2 Å². The number of pyridine rings is 1. The Kier molecular flexibility index (Phi) is 6.08. The number of ether oxygens (including phenoxy) is 1. The summed E-state index contributed by atoms with van der Waals surface area (Å²) in [5.74, 6) is -0.0444. The SMILES string of the molecule is CC(C)(C)N(C(=O)O)C1(CCOS(C)(=O)=O)CC(=O)N(c2ccc3c(n2)NC(=O)CO3)C1. The van der Waals surface area contributed by atoms with Crippen LogP contribution in [-0.2, 0) is 23.9 Å². The third kappa shape index (κ3) is 4.93. The molecule has 1 saturated heterocycles. The van der Waals surface area contributed by atoms with Gasteiger partial charge in [-0.25, -0.2) is 9.78 Å². The lowest BCUT2D eigenvalue weighted by molar-refractivity contribution is -0.119. The van der Waals surface area contributed by atoms with Gasteiger partial charge in [-0.15, -0.1) is 0 Å². The second kappa shape index (κ2) is 8.20. The van der Waals surface area contributed by atoms with E-state index in [0.29, 0.717) is 5.75 Å². The number of nitrogens with one attached hydrogen (secondary N) is 1. The zero-order valence-electron chi connectivity index (χ0n) is 18.2. The topological polar surface area (TPSA) is 155 Å². The summed E-state index contributed by atoms with van der Waals surface area (Å²) in [7, 11) is -3.75. The average molecular weight is 471 g/mol. The summed E-state index contributed by atoms with van der Waals surface area (Å²) in [6.07, 6.45) is -0.564. The quantitative estimate of drug-likeness (QED) is 0.580. The van der Waals surface area contributed by atoms with Crippen molar-refractivity contribution in [2.75, 3.05) is 36.2 Å². The fraction of sp³-hybridized carbons (Fsp3) is 0.579. The van der Waals surface area contributed by atoms with Crippen molar-refractivity contribution in [1.82, 2.24) is 9.88 Å². The second-order valence-corrected chi connectivity index (χ2v) is 10.4. The van der Waals surface area contributed by atoms with Crippen molar-refractivity contribution < 1.29 is 36.8 Å². The largest absolute Gasteiger partial charge is 0.480 e. The molecule has 176 valence electrons. The predicted molar refractivity (Wildman–Crippen MR) is 113 cm³/mol.